The third kappa shape index (κ3) is 3.31. The maximum Gasteiger partial charge on any atom is 0.228 e. The molecule has 0 fully saturated rings. The van der Waals surface area contributed by atoms with E-state index in [4.69, 9.17) is 4.74 Å². The summed E-state index contributed by atoms with van der Waals surface area (Å²) < 4.78 is 6.18. The number of aromatic amines is 1. The van der Waals surface area contributed by atoms with Gasteiger partial charge in [0.2, 0.25) is 5.91 Å². The van der Waals surface area contributed by atoms with E-state index in [2.05, 4.69) is 26.2 Å². The summed E-state index contributed by atoms with van der Waals surface area (Å²) >= 11 is 3.49. The first-order valence-corrected chi connectivity index (χ1v) is 8.48. The van der Waals surface area contributed by atoms with Crippen molar-refractivity contribution in [3.63, 3.8) is 0 Å². The van der Waals surface area contributed by atoms with Crippen LogP contribution in [0.25, 0.3) is 10.9 Å². The minimum absolute atomic E-state index is 0.0497. The molecule has 2 N–H and O–H groups in total. The first-order chi connectivity index (χ1) is 11.5. The lowest BCUT2D eigenvalue weighted by molar-refractivity contribution is -0.115. The monoisotopic (exact) mass is 386 g/mol. The zero-order valence-electron chi connectivity index (χ0n) is 13.9. The van der Waals surface area contributed by atoms with E-state index in [-0.39, 0.29) is 5.91 Å². The molecular formula is C19H19BrN2O2. The number of carbonyl (C=O) groups is 1. The summed E-state index contributed by atoms with van der Waals surface area (Å²) in [6, 6.07) is 11.7. The van der Waals surface area contributed by atoms with Gasteiger partial charge in [-0.2, -0.15) is 0 Å². The molecule has 0 bridgehead atoms. The van der Waals surface area contributed by atoms with E-state index < -0.39 is 0 Å². The van der Waals surface area contributed by atoms with Gasteiger partial charge in [-0.05, 0) is 71.2 Å². The van der Waals surface area contributed by atoms with Crippen LogP contribution >= 0.6 is 15.9 Å². The lowest BCUT2D eigenvalue weighted by Gasteiger charge is -2.09. The van der Waals surface area contributed by atoms with Crippen molar-refractivity contribution < 1.29 is 9.53 Å². The average molecular weight is 387 g/mol. The molecule has 124 valence electrons. The Bertz CT molecular complexity index is 915. The van der Waals surface area contributed by atoms with E-state index in [9.17, 15) is 4.79 Å². The first kappa shape index (κ1) is 16.6. The maximum atomic E-state index is 12.5. The van der Waals surface area contributed by atoms with Crippen LogP contribution < -0.4 is 10.1 Å². The van der Waals surface area contributed by atoms with E-state index >= 15 is 0 Å². The molecule has 0 saturated heterocycles. The molecule has 1 amide bonds. The molecule has 1 heterocycles. The molecule has 0 unspecified atom stereocenters. The van der Waals surface area contributed by atoms with Gasteiger partial charge in [-0.25, -0.2) is 0 Å². The predicted octanol–water partition coefficient (Wildman–Crippen LogP) is 4.74. The molecule has 0 atom stereocenters. The molecule has 0 radical (unpaired) electrons. The van der Waals surface area contributed by atoms with Crippen LogP contribution in [-0.4, -0.2) is 18.0 Å². The SMILES string of the molecule is COc1ccc2[nH]c(C)c(CC(=O)Nc3ccc(C)cc3Br)c2c1. The molecule has 3 rings (SSSR count). The van der Waals surface area contributed by atoms with Crippen LogP contribution in [0.4, 0.5) is 5.69 Å². The fourth-order valence-electron chi connectivity index (χ4n) is 2.79. The van der Waals surface area contributed by atoms with Crippen LogP contribution in [0.5, 0.6) is 5.75 Å². The number of amides is 1. The third-order valence-electron chi connectivity index (χ3n) is 4.06. The number of aromatic nitrogens is 1. The van der Waals surface area contributed by atoms with Crippen molar-refractivity contribution in [1.29, 1.82) is 0 Å². The van der Waals surface area contributed by atoms with Gasteiger partial charge in [0.15, 0.2) is 0 Å². The number of anilines is 1. The van der Waals surface area contributed by atoms with Gasteiger partial charge in [0, 0.05) is 21.1 Å². The minimum atomic E-state index is -0.0497. The van der Waals surface area contributed by atoms with Crippen LogP contribution in [0, 0.1) is 13.8 Å². The summed E-state index contributed by atoms with van der Waals surface area (Å²) in [5.74, 6) is 0.732. The second-order valence-corrected chi connectivity index (χ2v) is 6.70. The standard InChI is InChI=1S/C19H19BrN2O2/c1-11-4-6-18(16(20)8-11)22-19(23)10-14-12(2)21-17-7-5-13(24-3)9-15(14)17/h4-9,21H,10H2,1-3H3,(H,22,23). The Balaban J connectivity index is 1.86. The molecule has 1 aromatic heterocycles. The largest absolute Gasteiger partial charge is 0.497 e. The van der Waals surface area contributed by atoms with Gasteiger partial charge in [0.25, 0.3) is 0 Å². The van der Waals surface area contributed by atoms with Gasteiger partial charge >= 0.3 is 0 Å². The molecule has 4 nitrogen and oxygen atoms in total. The molecule has 0 spiro atoms. The Kier molecular flexibility index (Phi) is 4.62. The predicted molar refractivity (Wildman–Crippen MR) is 101 cm³/mol. The number of benzene rings is 2. The smallest absolute Gasteiger partial charge is 0.228 e. The fourth-order valence-corrected chi connectivity index (χ4v) is 3.39. The number of H-pyrrole nitrogens is 1. The zero-order valence-corrected chi connectivity index (χ0v) is 15.5. The van der Waals surface area contributed by atoms with Crippen LogP contribution in [0.15, 0.2) is 40.9 Å². The number of halogens is 1. The summed E-state index contributed by atoms with van der Waals surface area (Å²) in [5, 5.41) is 3.98. The maximum absolute atomic E-state index is 12.5. The highest BCUT2D eigenvalue weighted by atomic mass is 79.9. The highest BCUT2D eigenvalue weighted by molar-refractivity contribution is 9.10. The number of nitrogens with one attached hydrogen (secondary N) is 2. The lowest BCUT2D eigenvalue weighted by atomic mass is 10.1. The summed E-state index contributed by atoms with van der Waals surface area (Å²) in [5.41, 5.74) is 4.91. The Labute approximate surface area is 149 Å². The number of rotatable bonds is 4. The summed E-state index contributed by atoms with van der Waals surface area (Å²) in [6.45, 7) is 4.00. The second-order valence-electron chi connectivity index (χ2n) is 5.85. The fraction of sp³-hybridized carbons (Fsp3) is 0.211. The molecular weight excluding hydrogens is 368 g/mol. The van der Waals surface area contributed by atoms with Crippen LogP contribution in [0.1, 0.15) is 16.8 Å². The highest BCUT2D eigenvalue weighted by Crippen LogP contribution is 2.28. The molecule has 0 aliphatic carbocycles. The van der Waals surface area contributed by atoms with Gasteiger partial charge in [-0.15, -0.1) is 0 Å². The van der Waals surface area contributed by atoms with Crippen molar-refractivity contribution in [2.24, 2.45) is 0 Å². The average Bonchev–Trinajstić information content (AvgIpc) is 2.85. The van der Waals surface area contributed by atoms with Crippen molar-refractivity contribution in [1.82, 2.24) is 4.98 Å². The summed E-state index contributed by atoms with van der Waals surface area (Å²) in [6.07, 6.45) is 0.305. The van der Waals surface area contributed by atoms with Crippen LogP contribution in [0.2, 0.25) is 0 Å². The van der Waals surface area contributed by atoms with E-state index in [1.807, 2.05) is 50.2 Å². The summed E-state index contributed by atoms with van der Waals surface area (Å²) in [4.78, 5) is 15.8. The number of carbonyl (C=O) groups excluding carboxylic acids is 1. The quantitative estimate of drug-likeness (QED) is 0.680. The van der Waals surface area contributed by atoms with Crippen LogP contribution in [-0.2, 0) is 11.2 Å². The number of methoxy groups -OCH3 is 1. The Hall–Kier alpha value is -2.27. The zero-order chi connectivity index (χ0) is 17.3. The Morgan fingerprint density at radius 1 is 1.21 bits per heavy atom. The van der Waals surface area contributed by atoms with E-state index in [0.29, 0.717) is 6.42 Å². The van der Waals surface area contributed by atoms with Crippen LogP contribution in [0.3, 0.4) is 0 Å². The van der Waals surface area contributed by atoms with E-state index in [0.717, 1.165) is 43.6 Å². The normalized spacial score (nSPS) is 10.8. The van der Waals surface area contributed by atoms with Gasteiger partial charge < -0.3 is 15.0 Å². The topological polar surface area (TPSA) is 54.1 Å². The number of aryl methyl sites for hydroxylation is 2. The van der Waals surface area contributed by atoms with Gasteiger partial charge in [0.05, 0.1) is 19.2 Å². The van der Waals surface area contributed by atoms with E-state index in [1.54, 1.807) is 7.11 Å². The number of hydrogen-bond acceptors (Lipinski definition) is 2. The molecule has 2 aromatic carbocycles. The molecule has 24 heavy (non-hydrogen) atoms. The molecule has 5 heteroatoms. The van der Waals surface area contributed by atoms with Crippen molar-refractivity contribution in [3.8, 4) is 5.75 Å². The minimum Gasteiger partial charge on any atom is -0.497 e. The molecule has 0 aliphatic rings. The highest BCUT2D eigenvalue weighted by Gasteiger charge is 2.14. The second kappa shape index (κ2) is 6.69. The van der Waals surface area contributed by atoms with Gasteiger partial charge in [-0.1, -0.05) is 6.07 Å². The third-order valence-corrected chi connectivity index (χ3v) is 4.72. The first-order valence-electron chi connectivity index (χ1n) is 7.69. The van der Waals surface area contributed by atoms with Crippen molar-refractivity contribution in [2.45, 2.75) is 20.3 Å². The van der Waals surface area contributed by atoms with E-state index in [1.165, 1.54) is 0 Å². The van der Waals surface area contributed by atoms with Crippen molar-refractivity contribution >= 4 is 38.4 Å². The molecule has 0 saturated carbocycles. The summed E-state index contributed by atoms with van der Waals surface area (Å²) in [7, 11) is 1.64. The van der Waals surface area contributed by atoms with Gasteiger partial charge in [-0.3, -0.25) is 4.79 Å². The molecule has 0 aliphatic heterocycles. The van der Waals surface area contributed by atoms with Gasteiger partial charge in [0.1, 0.15) is 5.75 Å². The Morgan fingerprint density at radius 3 is 2.71 bits per heavy atom. The molecule has 3 aromatic rings. The number of hydrogen-bond donors (Lipinski definition) is 2. The number of ether oxygens (including phenoxy) is 1. The number of fused-ring (bicyclic) bond motifs is 1. The van der Waals surface area contributed by atoms with Crippen molar-refractivity contribution in [2.75, 3.05) is 12.4 Å². The van der Waals surface area contributed by atoms with Crippen molar-refractivity contribution in [3.05, 3.63) is 57.7 Å². The lowest BCUT2D eigenvalue weighted by Crippen LogP contribution is -2.15. The Morgan fingerprint density at radius 2 is 2.00 bits per heavy atom.